The minimum Gasteiger partial charge on any atom is -0.479 e. The number of rotatable bonds is 7. The average molecular weight is 454 g/mol. The number of carbonyl (C=O) groups excluding carboxylic acids is 1. The molecule has 4 rings (SSSR count). The molecule has 0 bridgehead atoms. The van der Waals surface area contributed by atoms with Crippen molar-refractivity contribution in [3.05, 3.63) is 53.4 Å². The number of nitrogens with zero attached hydrogens (tertiary/aromatic N) is 5. The topological polar surface area (TPSA) is 97.2 Å². The summed E-state index contributed by atoms with van der Waals surface area (Å²) in [6, 6.07) is 3.11. The molecule has 174 valence electrons. The van der Waals surface area contributed by atoms with Gasteiger partial charge in [-0.15, -0.1) is 0 Å². The van der Waals surface area contributed by atoms with E-state index >= 15 is 0 Å². The Balaban J connectivity index is 1.45. The van der Waals surface area contributed by atoms with Crippen molar-refractivity contribution in [1.29, 1.82) is 0 Å². The minimum absolute atomic E-state index is 0.00929. The number of nitrogens with one attached hydrogen (secondary N) is 2. The van der Waals surface area contributed by atoms with Gasteiger partial charge in [0, 0.05) is 37.6 Å². The van der Waals surface area contributed by atoms with Crippen LogP contribution in [0.3, 0.4) is 0 Å². The normalized spacial score (nSPS) is 15.4. The van der Waals surface area contributed by atoms with Gasteiger partial charge in [-0.1, -0.05) is 13.8 Å². The quantitative estimate of drug-likeness (QED) is 0.567. The summed E-state index contributed by atoms with van der Waals surface area (Å²) in [6.07, 6.45) is 5.22. The highest BCUT2D eigenvalue weighted by Crippen LogP contribution is 2.36. The zero-order valence-electron chi connectivity index (χ0n) is 19.4. The van der Waals surface area contributed by atoms with Gasteiger partial charge in [0.25, 0.3) is 0 Å². The summed E-state index contributed by atoms with van der Waals surface area (Å²) in [4.78, 5) is 23.1. The van der Waals surface area contributed by atoms with Gasteiger partial charge in [-0.3, -0.25) is 9.48 Å². The number of anilines is 3. The summed E-state index contributed by atoms with van der Waals surface area (Å²) in [5.41, 5.74) is 4.08. The Bertz CT molecular complexity index is 1180. The fourth-order valence-electron chi connectivity index (χ4n) is 4.12. The van der Waals surface area contributed by atoms with E-state index in [1.54, 1.807) is 17.1 Å². The maximum atomic E-state index is 13.9. The van der Waals surface area contributed by atoms with Crippen LogP contribution in [-0.2, 0) is 17.9 Å². The second-order valence-electron chi connectivity index (χ2n) is 8.51. The summed E-state index contributed by atoms with van der Waals surface area (Å²) < 4.78 is 20.5. The first-order valence-corrected chi connectivity index (χ1v) is 10.8. The Morgan fingerprint density at radius 2 is 2.06 bits per heavy atom. The molecule has 1 aliphatic heterocycles. The molecular weight excluding hydrogens is 425 g/mol. The maximum absolute atomic E-state index is 13.9. The first-order chi connectivity index (χ1) is 15.8. The van der Waals surface area contributed by atoms with Crippen molar-refractivity contribution in [3.63, 3.8) is 0 Å². The van der Waals surface area contributed by atoms with Crippen LogP contribution in [0.4, 0.5) is 21.6 Å². The molecule has 0 radical (unpaired) electrons. The standard InChI is InChI=1S/C23H28FN7O2/c1-13(2)21-22(32)29-20-14(3)28-19(7-18(20)30(21)4)25-9-16-10-27-31(12-16)11-15-6-17(24)23(33-5)26-8-15/h6-8,10,12-13,21H,9,11H2,1-5H3,(H,25,28)(H,29,32). The van der Waals surface area contributed by atoms with Crippen LogP contribution in [0, 0.1) is 18.7 Å². The van der Waals surface area contributed by atoms with Crippen LogP contribution in [0.5, 0.6) is 5.88 Å². The molecule has 1 aliphatic rings. The van der Waals surface area contributed by atoms with Crippen LogP contribution in [-0.4, -0.2) is 45.9 Å². The molecule has 1 unspecified atom stereocenters. The summed E-state index contributed by atoms with van der Waals surface area (Å²) in [7, 11) is 3.32. The predicted octanol–water partition coefficient (Wildman–Crippen LogP) is 3.20. The lowest BCUT2D eigenvalue weighted by atomic mass is 9.98. The zero-order valence-corrected chi connectivity index (χ0v) is 19.4. The Morgan fingerprint density at radius 3 is 2.76 bits per heavy atom. The van der Waals surface area contributed by atoms with Gasteiger partial charge in [0.2, 0.25) is 11.8 Å². The first-order valence-electron chi connectivity index (χ1n) is 10.8. The summed E-state index contributed by atoms with van der Waals surface area (Å²) in [5.74, 6) is 0.352. The Morgan fingerprint density at radius 1 is 1.27 bits per heavy atom. The van der Waals surface area contributed by atoms with Crippen molar-refractivity contribution in [2.24, 2.45) is 5.92 Å². The highest BCUT2D eigenvalue weighted by Gasteiger charge is 2.34. The SMILES string of the molecule is COc1ncc(Cn2cc(CNc3cc4c(c(C)n3)NC(=O)C(C(C)C)N4C)cn2)cc1F. The molecule has 9 nitrogen and oxygen atoms in total. The number of fused-ring (bicyclic) bond motifs is 1. The number of likely N-dealkylation sites (N-methyl/N-ethyl adjacent to an activating group) is 1. The number of ether oxygens (including phenoxy) is 1. The van der Waals surface area contributed by atoms with Crippen LogP contribution in [0.1, 0.15) is 30.7 Å². The van der Waals surface area contributed by atoms with Gasteiger partial charge in [0.05, 0.1) is 36.9 Å². The fourth-order valence-corrected chi connectivity index (χ4v) is 4.12. The highest BCUT2D eigenvalue weighted by atomic mass is 19.1. The molecule has 33 heavy (non-hydrogen) atoms. The van der Waals surface area contributed by atoms with Crippen LogP contribution in [0.15, 0.2) is 30.7 Å². The molecule has 3 aromatic heterocycles. The third-order valence-corrected chi connectivity index (χ3v) is 5.69. The second-order valence-corrected chi connectivity index (χ2v) is 8.51. The van der Waals surface area contributed by atoms with E-state index < -0.39 is 5.82 Å². The van der Waals surface area contributed by atoms with E-state index in [9.17, 15) is 9.18 Å². The lowest BCUT2D eigenvalue weighted by Gasteiger charge is -2.38. The Hall–Kier alpha value is -3.69. The van der Waals surface area contributed by atoms with Crippen molar-refractivity contribution in [3.8, 4) is 5.88 Å². The molecule has 0 saturated carbocycles. The van der Waals surface area contributed by atoms with E-state index in [4.69, 9.17) is 4.74 Å². The molecule has 1 atom stereocenters. The van der Waals surface area contributed by atoms with Gasteiger partial charge in [-0.05, 0) is 24.5 Å². The summed E-state index contributed by atoms with van der Waals surface area (Å²) >= 11 is 0. The van der Waals surface area contributed by atoms with Crippen LogP contribution in [0.2, 0.25) is 0 Å². The molecule has 0 fully saturated rings. The smallest absolute Gasteiger partial charge is 0.250 e. The first kappa shape index (κ1) is 22.5. The van der Waals surface area contributed by atoms with E-state index in [0.29, 0.717) is 24.5 Å². The van der Waals surface area contributed by atoms with Gasteiger partial charge in [-0.2, -0.15) is 5.10 Å². The number of pyridine rings is 2. The fraction of sp³-hybridized carbons (Fsp3) is 0.391. The molecule has 2 N–H and O–H groups in total. The van der Waals surface area contributed by atoms with E-state index in [1.807, 2.05) is 45.0 Å². The average Bonchev–Trinajstić information content (AvgIpc) is 3.20. The zero-order chi connectivity index (χ0) is 23.7. The number of amides is 1. The molecule has 0 saturated heterocycles. The largest absolute Gasteiger partial charge is 0.479 e. The summed E-state index contributed by atoms with van der Waals surface area (Å²) in [5, 5.41) is 10.7. The highest BCUT2D eigenvalue weighted by molar-refractivity contribution is 6.04. The molecule has 4 heterocycles. The van der Waals surface area contributed by atoms with Gasteiger partial charge in [0.1, 0.15) is 11.9 Å². The summed E-state index contributed by atoms with van der Waals surface area (Å²) in [6.45, 7) is 6.86. The van der Waals surface area contributed by atoms with Gasteiger partial charge in [-0.25, -0.2) is 14.4 Å². The predicted molar refractivity (Wildman–Crippen MR) is 124 cm³/mol. The van der Waals surface area contributed by atoms with Crippen LogP contribution < -0.4 is 20.3 Å². The molecule has 0 aliphatic carbocycles. The molecule has 10 heteroatoms. The Kier molecular flexibility index (Phi) is 6.17. The number of aryl methyl sites for hydroxylation is 1. The van der Waals surface area contributed by atoms with Gasteiger partial charge < -0.3 is 20.3 Å². The molecular formula is C23H28FN7O2. The lowest BCUT2D eigenvalue weighted by Crippen LogP contribution is -2.49. The number of methoxy groups -OCH3 is 1. The molecule has 1 amide bonds. The van der Waals surface area contributed by atoms with Crippen LogP contribution in [0.25, 0.3) is 0 Å². The van der Waals surface area contributed by atoms with Crippen molar-refractivity contribution in [1.82, 2.24) is 19.7 Å². The molecule has 0 spiro atoms. The minimum atomic E-state index is -0.501. The van der Waals surface area contributed by atoms with Crippen molar-refractivity contribution in [2.45, 2.75) is 39.9 Å². The monoisotopic (exact) mass is 453 g/mol. The second kappa shape index (κ2) is 9.05. The molecule has 0 aromatic carbocycles. The van der Waals surface area contributed by atoms with E-state index in [-0.39, 0.29) is 23.7 Å². The number of halogens is 1. The Labute approximate surface area is 192 Å². The number of aromatic nitrogens is 4. The van der Waals surface area contributed by atoms with Gasteiger partial charge >= 0.3 is 0 Å². The number of carbonyl (C=O) groups is 1. The van der Waals surface area contributed by atoms with E-state index in [2.05, 4.69) is 25.7 Å². The maximum Gasteiger partial charge on any atom is 0.250 e. The lowest BCUT2D eigenvalue weighted by molar-refractivity contribution is -0.118. The van der Waals surface area contributed by atoms with Crippen LogP contribution >= 0.6 is 0 Å². The van der Waals surface area contributed by atoms with Crippen molar-refractivity contribution in [2.75, 3.05) is 29.7 Å². The van der Waals surface area contributed by atoms with Crippen molar-refractivity contribution >= 4 is 23.1 Å². The van der Waals surface area contributed by atoms with E-state index in [0.717, 1.165) is 22.6 Å². The van der Waals surface area contributed by atoms with Crippen molar-refractivity contribution < 1.29 is 13.9 Å². The third kappa shape index (κ3) is 4.59. The van der Waals surface area contributed by atoms with Gasteiger partial charge in [0.15, 0.2) is 5.82 Å². The third-order valence-electron chi connectivity index (χ3n) is 5.69. The molecule has 3 aromatic rings. The number of hydrogen-bond donors (Lipinski definition) is 2. The van der Waals surface area contributed by atoms with E-state index in [1.165, 1.54) is 13.2 Å². The number of hydrogen-bond acceptors (Lipinski definition) is 7.